The van der Waals surface area contributed by atoms with E-state index in [1.165, 1.54) is 7.11 Å². The fourth-order valence-electron chi connectivity index (χ4n) is 1.39. The van der Waals surface area contributed by atoms with Gasteiger partial charge in [-0.05, 0) is 18.6 Å². The first-order valence-corrected chi connectivity index (χ1v) is 6.40. The number of hydrogen-bond acceptors (Lipinski definition) is 4. The van der Waals surface area contributed by atoms with Crippen molar-refractivity contribution in [3.63, 3.8) is 0 Å². The van der Waals surface area contributed by atoms with E-state index in [0.29, 0.717) is 12.0 Å². The molecular weight excluding hydrogens is 300 g/mol. The molecule has 98 valence electrons. The predicted molar refractivity (Wildman–Crippen MR) is 69.9 cm³/mol. The second-order valence-corrected chi connectivity index (χ2v) is 4.61. The van der Waals surface area contributed by atoms with Gasteiger partial charge in [0.15, 0.2) is 0 Å². The number of carbonyl (C=O) groups is 2. The summed E-state index contributed by atoms with van der Waals surface area (Å²) in [4.78, 5) is 23.1. The minimum absolute atomic E-state index is 0.282. The topological polar surface area (TPSA) is 52.6 Å². The number of methoxy groups -OCH3 is 1. The van der Waals surface area contributed by atoms with E-state index in [9.17, 15) is 9.59 Å². The summed E-state index contributed by atoms with van der Waals surface area (Å²) in [5, 5.41) is 0. The summed E-state index contributed by atoms with van der Waals surface area (Å²) in [5.74, 6) is -0.988. The third kappa shape index (κ3) is 4.14. The summed E-state index contributed by atoms with van der Waals surface area (Å²) >= 11 is 3.30. The van der Waals surface area contributed by atoms with Gasteiger partial charge in [0.1, 0.15) is 0 Å². The highest BCUT2D eigenvalue weighted by molar-refractivity contribution is 9.10. The van der Waals surface area contributed by atoms with Gasteiger partial charge in [-0.3, -0.25) is 4.79 Å². The van der Waals surface area contributed by atoms with Crippen LogP contribution >= 0.6 is 15.9 Å². The summed E-state index contributed by atoms with van der Waals surface area (Å²) in [5.41, 5.74) is 0.592. The fourth-order valence-corrected chi connectivity index (χ4v) is 1.66. The molecule has 1 atom stereocenters. The fraction of sp³-hybridized carbons (Fsp3) is 0.385. The first-order chi connectivity index (χ1) is 8.58. The van der Waals surface area contributed by atoms with Crippen molar-refractivity contribution in [1.82, 2.24) is 0 Å². The van der Waals surface area contributed by atoms with Gasteiger partial charge in [0.05, 0.1) is 7.11 Å². The number of hydrogen-bond donors (Lipinski definition) is 0. The van der Waals surface area contributed by atoms with Crippen LogP contribution < -0.4 is 0 Å². The molecule has 18 heavy (non-hydrogen) atoms. The first-order valence-electron chi connectivity index (χ1n) is 5.61. The van der Waals surface area contributed by atoms with E-state index in [4.69, 9.17) is 4.74 Å². The van der Waals surface area contributed by atoms with Gasteiger partial charge < -0.3 is 9.47 Å². The Morgan fingerprint density at radius 3 is 2.39 bits per heavy atom. The third-order valence-electron chi connectivity index (χ3n) is 2.29. The van der Waals surface area contributed by atoms with E-state index in [1.807, 2.05) is 6.92 Å². The minimum atomic E-state index is -0.998. The van der Waals surface area contributed by atoms with Gasteiger partial charge in [-0.25, -0.2) is 4.79 Å². The molecule has 0 aliphatic rings. The lowest BCUT2D eigenvalue weighted by atomic mass is 10.1. The molecule has 0 amide bonds. The highest BCUT2D eigenvalue weighted by atomic mass is 79.9. The van der Waals surface area contributed by atoms with Crippen LogP contribution in [0.1, 0.15) is 31.4 Å². The van der Waals surface area contributed by atoms with Crippen LogP contribution in [0.5, 0.6) is 0 Å². The van der Waals surface area contributed by atoms with E-state index >= 15 is 0 Å². The van der Waals surface area contributed by atoms with E-state index in [-0.39, 0.29) is 6.42 Å². The van der Waals surface area contributed by atoms with Gasteiger partial charge in [0, 0.05) is 16.5 Å². The second-order valence-electron chi connectivity index (χ2n) is 3.69. The molecule has 0 saturated heterocycles. The number of halogens is 1. The van der Waals surface area contributed by atoms with Crippen molar-refractivity contribution >= 4 is 27.9 Å². The molecule has 1 rings (SSSR count). The van der Waals surface area contributed by atoms with Crippen molar-refractivity contribution in [2.75, 3.05) is 7.11 Å². The Labute approximate surface area is 114 Å². The van der Waals surface area contributed by atoms with Gasteiger partial charge in [0.2, 0.25) is 6.10 Å². The van der Waals surface area contributed by atoms with Crippen molar-refractivity contribution in [2.24, 2.45) is 0 Å². The van der Waals surface area contributed by atoms with E-state index < -0.39 is 18.0 Å². The van der Waals surface area contributed by atoms with E-state index in [0.717, 1.165) is 4.47 Å². The molecule has 0 aliphatic carbocycles. The summed E-state index contributed by atoms with van der Waals surface area (Å²) in [7, 11) is 1.27. The second kappa shape index (κ2) is 7.16. The summed E-state index contributed by atoms with van der Waals surface area (Å²) < 4.78 is 10.7. The van der Waals surface area contributed by atoms with Crippen LogP contribution in [0.4, 0.5) is 0 Å². The average molecular weight is 315 g/mol. The number of carbonyl (C=O) groups excluding carboxylic acids is 2. The lowest BCUT2D eigenvalue weighted by Crippen LogP contribution is -2.20. The molecule has 5 heteroatoms. The van der Waals surface area contributed by atoms with Crippen molar-refractivity contribution in [3.8, 4) is 0 Å². The lowest BCUT2D eigenvalue weighted by molar-refractivity contribution is -0.166. The number of benzene rings is 1. The van der Waals surface area contributed by atoms with Gasteiger partial charge in [-0.2, -0.15) is 0 Å². The van der Waals surface area contributed by atoms with Crippen molar-refractivity contribution in [1.29, 1.82) is 0 Å². The molecule has 0 aromatic heterocycles. The van der Waals surface area contributed by atoms with Crippen LogP contribution in [-0.2, 0) is 19.1 Å². The van der Waals surface area contributed by atoms with Crippen molar-refractivity contribution in [3.05, 3.63) is 34.3 Å². The largest absolute Gasteiger partial charge is 0.466 e. The molecule has 0 fully saturated rings. The predicted octanol–water partition coefficient (Wildman–Crippen LogP) is 3.01. The number of ether oxygens (including phenoxy) is 2. The maximum Gasteiger partial charge on any atom is 0.351 e. The van der Waals surface area contributed by atoms with Crippen LogP contribution in [0.25, 0.3) is 0 Å². The standard InChI is InChI=1S/C13H15BrO4/c1-3-4-11(15)18-12(13(16)17-2)9-5-7-10(14)8-6-9/h5-8,12H,3-4H2,1-2H3. The normalized spacial score (nSPS) is 11.7. The van der Waals surface area contributed by atoms with Gasteiger partial charge >= 0.3 is 11.9 Å². The monoisotopic (exact) mass is 314 g/mol. The molecule has 0 bridgehead atoms. The van der Waals surface area contributed by atoms with Crippen LogP contribution in [0.3, 0.4) is 0 Å². The molecule has 0 aliphatic heterocycles. The van der Waals surface area contributed by atoms with Gasteiger partial charge in [0.25, 0.3) is 0 Å². The van der Waals surface area contributed by atoms with Crippen LogP contribution in [-0.4, -0.2) is 19.0 Å². The Morgan fingerprint density at radius 1 is 1.28 bits per heavy atom. The maximum absolute atomic E-state index is 11.6. The molecule has 0 radical (unpaired) electrons. The highest BCUT2D eigenvalue weighted by Gasteiger charge is 2.25. The lowest BCUT2D eigenvalue weighted by Gasteiger charge is -2.15. The third-order valence-corrected chi connectivity index (χ3v) is 2.82. The molecular formula is C13H15BrO4. The van der Waals surface area contributed by atoms with E-state index in [1.54, 1.807) is 24.3 Å². The Morgan fingerprint density at radius 2 is 1.89 bits per heavy atom. The molecule has 0 spiro atoms. The summed E-state index contributed by atoms with van der Waals surface area (Å²) in [6.45, 7) is 1.87. The number of rotatable bonds is 5. The first kappa shape index (κ1) is 14.7. The van der Waals surface area contributed by atoms with Crippen LogP contribution in [0.15, 0.2) is 28.7 Å². The maximum atomic E-state index is 11.6. The van der Waals surface area contributed by atoms with Gasteiger partial charge in [-0.1, -0.05) is 35.0 Å². The Balaban J connectivity index is 2.88. The minimum Gasteiger partial charge on any atom is -0.466 e. The Hall–Kier alpha value is -1.36. The average Bonchev–Trinajstić information content (AvgIpc) is 2.36. The molecule has 1 aromatic carbocycles. The van der Waals surface area contributed by atoms with Gasteiger partial charge in [-0.15, -0.1) is 0 Å². The van der Waals surface area contributed by atoms with Crippen molar-refractivity contribution in [2.45, 2.75) is 25.9 Å². The zero-order valence-electron chi connectivity index (χ0n) is 10.3. The Kier molecular flexibility index (Phi) is 5.85. The Bertz CT molecular complexity index is 414. The molecule has 0 saturated carbocycles. The SMILES string of the molecule is CCCC(=O)OC(C(=O)OC)c1ccc(Br)cc1. The quantitative estimate of drug-likeness (QED) is 0.784. The smallest absolute Gasteiger partial charge is 0.351 e. The van der Waals surface area contributed by atoms with Crippen molar-refractivity contribution < 1.29 is 19.1 Å². The molecule has 1 aromatic rings. The van der Waals surface area contributed by atoms with E-state index in [2.05, 4.69) is 20.7 Å². The summed E-state index contributed by atoms with van der Waals surface area (Å²) in [6.07, 6.45) is -0.0426. The zero-order valence-corrected chi connectivity index (χ0v) is 11.9. The highest BCUT2D eigenvalue weighted by Crippen LogP contribution is 2.22. The van der Waals surface area contributed by atoms with Crippen LogP contribution in [0.2, 0.25) is 0 Å². The zero-order chi connectivity index (χ0) is 13.5. The molecule has 1 unspecified atom stereocenters. The summed E-state index contributed by atoms with van der Waals surface area (Å²) in [6, 6.07) is 6.98. The number of esters is 2. The van der Waals surface area contributed by atoms with Crippen LogP contribution in [0, 0.1) is 0 Å². The molecule has 0 heterocycles. The molecule has 4 nitrogen and oxygen atoms in total. The molecule has 0 N–H and O–H groups in total.